The van der Waals surface area contributed by atoms with E-state index in [-0.39, 0.29) is 17.7 Å². The van der Waals surface area contributed by atoms with E-state index in [2.05, 4.69) is 46.6 Å². The Labute approximate surface area is 315 Å². The SMILES string of the molecule is NCc1cccc(C2CCN(C(=O)/C=C/c3ccc4c(c3)OB(c3cccc5[nH]c(C(=O)N6CCC(c7cccc(CN)c7)CC6)cc35)NC4=O)CC2)c1. The summed E-state index contributed by atoms with van der Waals surface area (Å²) >= 11 is 0. The lowest BCUT2D eigenvalue weighted by molar-refractivity contribution is -0.126. The van der Waals surface area contributed by atoms with E-state index in [0.717, 1.165) is 58.7 Å². The molecule has 4 heterocycles. The Morgan fingerprint density at radius 3 is 2.06 bits per heavy atom. The fourth-order valence-corrected chi connectivity index (χ4v) is 8.19. The molecule has 2 fully saturated rings. The Kier molecular flexibility index (Phi) is 10.1. The van der Waals surface area contributed by atoms with Gasteiger partial charge in [0.1, 0.15) is 11.4 Å². The molecular formula is C43H45BN6O4. The third kappa shape index (κ3) is 7.29. The monoisotopic (exact) mass is 720 g/mol. The molecule has 10 nitrogen and oxygen atoms in total. The van der Waals surface area contributed by atoms with Gasteiger partial charge in [-0.15, -0.1) is 0 Å². The summed E-state index contributed by atoms with van der Waals surface area (Å²) in [6.45, 7) is 3.76. The molecule has 11 heteroatoms. The zero-order chi connectivity index (χ0) is 37.2. The Morgan fingerprint density at radius 1 is 0.778 bits per heavy atom. The fourth-order valence-electron chi connectivity index (χ4n) is 8.19. The molecule has 0 unspecified atom stereocenters. The molecule has 5 aromatic rings. The number of H-pyrrole nitrogens is 1. The second kappa shape index (κ2) is 15.4. The highest BCUT2D eigenvalue weighted by Crippen LogP contribution is 2.31. The number of hydrogen-bond acceptors (Lipinski definition) is 6. The molecule has 2 saturated heterocycles. The predicted octanol–water partition coefficient (Wildman–Crippen LogP) is 5.04. The first-order valence-corrected chi connectivity index (χ1v) is 18.9. The van der Waals surface area contributed by atoms with Gasteiger partial charge in [0.15, 0.2) is 0 Å². The number of nitrogens with one attached hydrogen (secondary N) is 2. The van der Waals surface area contributed by atoms with Gasteiger partial charge in [0.2, 0.25) is 11.8 Å². The van der Waals surface area contributed by atoms with Gasteiger partial charge in [0.25, 0.3) is 5.91 Å². The Balaban J connectivity index is 0.920. The minimum absolute atomic E-state index is 0.0374. The van der Waals surface area contributed by atoms with Crippen LogP contribution in [-0.4, -0.2) is 65.7 Å². The van der Waals surface area contributed by atoms with Crippen molar-refractivity contribution in [3.05, 3.63) is 136 Å². The van der Waals surface area contributed by atoms with Crippen molar-refractivity contribution >= 4 is 47.2 Å². The first kappa shape index (κ1) is 35.4. The molecule has 0 spiro atoms. The lowest BCUT2D eigenvalue weighted by Gasteiger charge is -2.32. The minimum Gasteiger partial charge on any atom is -0.537 e. The zero-order valence-corrected chi connectivity index (χ0v) is 30.3. The number of hydrogen-bond donors (Lipinski definition) is 4. The van der Waals surface area contributed by atoms with E-state index in [1.165, 1.54) is 11.1 Å². The number of carbonyl (C=O) groups is 3. The highest BCUT2D eigenvalue weighted by Gasteiger charge is 2.34. The molecule has 8 rings (SSSR count). The van der Waals surface area contributed by atoms with Crippen LogP contribution in [-0.2, 0) is 17.9 Å². The molecule has 274 valence electrons. The highest BCUT2D eigenvalue weighted by molar-refractivity contribution is 6.71. The third-order valence-corrected chi connectivity index (χ3v) is 11.3. The summed E-state index contributed by atoms with van der Waals surface area (Å²) in [5.41, 5.74) is 19.7. The average Bonchev–Trinajstić information content (AvgIpc) is 3.67. The summed E-state index contributed by atoms with van der Waals surface area (Å²) in [6.07, 6.45) is 6.96. The molecule has 0 aliphatic carbocycles. The van der Waals surface area contributed by atoms with Crippen LogP contribution >= 0.6 is 0 Å². The van der Waals surface area contributed by atoms with Crippen molar-refractivity contribution < 1.29 is 19.0 Å². The number of amides is 3. The van der Waals surface area contributed by atoms with Gasteiger partial charge in [-0.2, -0.15) is 0 Å². The number of aromatic amines is 1. The van der Waals surface area contributed by atoms with Crippen molar-refractivity contribution in [2.45, 2.75) is 50.6 Å². The molecule has 3 amide bonds. The molecule has 0 bridgehead atoms. The maximum absolute atomic E-state index is 13.7. The fraction of sp³-hybridized carbons (Fsp3) is 0.279. The standard InChI is InChI=1S/C43H45BN6O4/c45-26-29-4-1-6-33(22-29)31-14-18-49(19-15-31)41(51)13-11-28-10-12-35-40(24-28)54-44(48-42(35)52)37-8-3-9-38-36(37)25-39(47-38)43(53)50-20-16-32(17-21-50)34-7-2-5-30(23-34)27-46/h1-13,22-25,31-32,47H,14-21,26-27,45-46H2,(H,48,52)/b13-11+. The quantitative estimate of drug-likeness (QED) is 0.131. The van der Waals surface area contributed by atoms with Gasteiger partial charge in [0.05, 0.1) is 5.56 Å². The second-order valence-electron chi connectivity index (χ2n) is 14.6. The van der Waals surface area contributed by atoms with E-state index in [4.69, 9.17) is 16.1 Å². The van der Waals surface area contributed by atoms with Crippen LogP contribution in [0.1, 0.15) is 86.2 Å². The van der Waals surface area contributed by atoms with Gasteiger partial charge in [0, 0.05) is 56.2 Å². The first-order chi connectivity index (χ1) is 26.4. The number of carbonyl (C=O) groups excluding carboxylic acids is 3. The molecule has 54 heavy (non-hydrogen) atoms. The largest absolute Gasteiger partial charge is 0.537 e. The second-order valence-corrected chi connectivity index (χ2v) is 14.6. The van der Waals surface area contributed by atoms with Crippen molar-refractivity contribution in [1.29, 1.82) is 0 Å². The minimum atomic E-state index is -0.764. The Bertz CT molecular complexity index is 2230. The van der Waals surface area contributed by atoms with Crippen LogP contribution in [0.3, 0.4) is 0 Å². The summed E-state index contributed by atoms with van der Waals surface area (Å²) in [4.78, 5) is 47.3. The molecule has 3 aliphatic heterocycles. The zero-order valence-electron chi connectivity index (χ0n) is 30.3. The van der Waals surface area contributed by atoms with Crippen molar-refractivity contribution in [2.75, 3.05) is 26.2 Å². The third-order valence-electron chi connectivity index (χ3n) is 11.3. The van der Waals surface area contributed by atoms with Crippen molar-refractivity contribution in [3.8, 4) is 5.75 Å². The molecule has 1 aromatic heterocycles. The number of likely N-dealkylation sites (tertiary alicyclic amines) is 2. The molecule has 3 aliphatic rings. The van der Waals surface area contributed by atoms with Crippen LogP contribution in [0.4, 0.5) is 0 Å². The maximum Gasteiger partial charge on any atom is 0.520 e. The number of piperidine rings is 2. The van der Waals surface area contributed by atoms with E-state index < -0.39 is 7.05 Å². The molecular weight excluding hydrogens is 675 g/mol. The number of nitrogens with zero attached hydrogens (tertiary/aromatic N) is 2. The van der Waals surface area contributed by atoms with Crippen LogP contribution in [0.2, 0.25) is 0 Å². The molecule has 0 radical (unpaired) electrons. The molecule has 4 aromatic carbocycles. The summed E-state index contributed by atoms with van der Waals surface area (Å²) < 4.78 is 6.40. The summed E-state index contributed by atoms with van der Waals surface area (Å²) in [5.74, 6) is 0.913. The van der Waals surface area contributed by atoms with Crippen LogP contribution < -0.4 is 26.8 Å². The van der Waals surface area contributed by atoms with E-state index in [1.807, 2.05) is 52.3 Å². The lowest BCUT2D eigenvalue weighted by atomic mass is 9.70. The average molecular weight is 721 g/mol. The lowest BCUT2D eigenvalue weighted by Crippen LogP contribution is -2.55. The number of benzene rings is 4. The smallest absolute Gasteiger partial charge is 0.520 e. The number of fused-ring (bicyclic) bond motifs is 2. The van der Waals surface area contributed by atoms with Crippen LogP contribution in [0.15, 0.2) is 97.1 Å². The maximum atomic E-state index is 13.7. The van der Waals surface area contributed by atoms with E-state index in [9.17, 15) is 14.4 Å². The first-order valence-electron chi connectivity index (χ1n) is 18.9. The van der Waals surface area contributed by atoms with Crippen molar-refractivity contribution in [2.24, 2.45) is 11.5 Å². The van der Waals surface area contributed by atoms with Gasteiger partial charge in [-0.1, -0.05) is 66.7 Å². The summed E-state index contributed by atoms with van der Waals surface area (Å²) in [5, 5.41) is 3.79. The summed E-state index contributed by atoms with van der Waals surface area (Å²) in [6, 6.07) is 29.8. The summed E-state index contributed by atoms with van der Waals surface area (Å²) in [7, 11) is -0.764. The van der Waals surface area contributed by atoms with Crippen LogP contribution in [0.5, 0.6) is 5.75 Å². The van der Waals surface area contributed by atoms with Gasteiger partial charge >= 0.3 is 7.05 Å². The topological polar surface area (TPSA) is 147 Å². The van der Waals surface area contributed by atoms with Crippen LogP contribution in [0.25, 0.3) is 17.0 Å². The predicted molar refractivity (Wildman–Crippen MR) is 212 cm³/mol. The normalized spacial score (nSPS) is 16.8. The van der Waals surface area contributed by atoms with Gasteiger partial charge in [-0.3, -0.25) is 14.4 Å². The number of aromatic nitrogens is 1. The van der Waals surface area contributed by atoms with Gasteiger partial charge in [-0.25, -0.2) is 0 Å². The van der Waals surface area contributed by atoms with E-state index >= 15 is 0 Å². The molecule has 6 N–H and O–H groups in total. The van der Waals surface area contributed by atoms with E-state index in [0.29, 0.717) is 68.1 Å². The number of nitrogens with two attached hydrogens (primary N) is 2. The van der Waals surface area contributed by atoms with Gasteiger partial charge < -0.3 is 36.1 Å². The van der Waals surface area contributed by atoms with E-state index in [1.54, 1.807) is 24.3 Å². The Morgan fingerprint density at radius 2 is 1.41 bits per heavy atom. The highest BCUT2D eigenvalue weighted by atomic mass is 16.4. The molecule has 0 saturated carbocycles. The van der Waals surface area contributed by atoms with Crippen molar-refractivity contribution in [3.63, 3.8) is 0 Å². The Hall–Kier alpha value is -5.65. The molecule has 0 atom stereocenters. The van der Waals surface area contributed by atoms with Crippen LogP contribution in [0, 0.1) is 0 Å². The van der Waals surface area contributed by atoms with Crippen molar-refractivity contribution in [1.82, 2.24) is 20.0 Å². The number of rotatable bonds is 8. The van der Waals surface area contributed by atoms with Gasteiger partial charge in [-0.05, 0) is 101 Å².